The summed E-state index contributed by atoms with van der Waals surface area (Å²) in [6.07, 6.45) is 0. The summed E-state index contributed by atoms with van der Waals surface area (Å²) in [5.41, 5.74) is 6.18. The molecule has 0 aliphatic carbocycles. The molecule has 1 atom stereocenters. The Bertz CT molecular complexity index is 463. The van der Waals surface area contributed by atoms with Gasteiger partial charge in [-0.2, -0.15) is 4.37 Å². The van der Waals surface area contributed by atoms with Gasteiger partial charge in [0.25, 0.3) is 0 Å². The fourth-order valence-corrected chi connectivity index (χ4v) is 3.29. The molecule has 6 nitrogen and oxygen atoms in total. The number of methoxy groups -OCH3 is 1. The predicted molar refractivity (Wildman–Crippen MR) is 76.8 cm³/mol. The van der Waals surface area contributed by atoms with Crippen LogP contribution in [-0.4, -0.2) is 54.6 Å². The first-order valence-electron chi connectivity index (χ1n) is 6.40. The number of esters is 1. The summed E-state index contributed by atoms with van der Waals surface area (Å²) < 4.78 is 8.88. The standard InChI is InChI=1S/C12H20N4O2S/c1-4-15-5-6-16(7-8(15)2)11-9(12(17)18-3)10(13)14-19-11/h8H,4-7H2,1-3H3,(H2,13,14). The molecule has 1 aliphatic heterocycles. The van der Waals surface area contributed by atoms with Gasteiger partial charge < -0.3 is 15.4 Å². The van der Waals surface area contributed by atoms with Gasteiger partial charge in [-0.3, -0.25) is 4.90 Å². The van der Waals surface area contributed by atoms with E-state index in [0.29, 0.717) is 11.6 Å². The molecule has 1 saturated heterocycles. The van der Waals surface area contributed by atoms with Crippen molar-refractivity contribution >= 4 is 28.3 Å². The van der Waals surface area contributed by atoms with E-state index in [2.05, 4.69) is 28.0 Å². The number of hydrogen-bond acceptors (Lipinski definition) is 7. The van der Waals surface area contributed by atoms with Crippen LogP contribution in [0, 0.1) is 0 Å². The third-order valence-electron chi connectivity index (χ3n) is 3.55. The smallest absolute Gasteiger partial charge is 0.344 e. The maximum absolute atomic E-state index is 11.8. The summed E-state index contributed by atoms with van der Waals surface area (Å²) in [6, 6.07) is 0.451. The van der Waals surface area contributed by atoms with Crippen molar-refractivity contribution in [1.82, 2.24) is 9.27 Å². The molecule has 0 radical (unpaired) electrons. The van der Waals surface area contributed by atoms with E-state index in [4.69, 9.17) is 10.5 Å². The van der Waals surface area contributed by atoms with Crippen molar-refractivity contribution < 1.29 is 9.53 Å². The predicted octanol–water partition coefficient (Wildman–Crippen LogP) is 1.04. The van der Waals surface area contributed by atoms with Gasteiger partial charge >= 0.3 is 5.97 Å². The van der Waals surface area contributed by atoms with E-state index in [1.54, 1.807) is 0 Å². The second-order valence-electron chi connectivity index (χ2n) is 4.66. The van der Waals surface area contributed by atoms with Gasteiger partial charge in [0, 0.05) is 25.7 Å². The lowest BCUT2D eigenvalue weighted by molar-refractivity contribution is 0.0602. The van der Waals surface area contributed by atoms with Crippen molar-refractivity contribution in [3.63, 3.8) is 0 Å². The van der Waals surface area contributed by atoms with Crippen LogP contribution in [0.5, 0.6) is 0 Å². The van der Waals surface area contributed by atoms with Crippen LogP contribution in [0.1, 0.15) is 24.2 Å². The summed E-state index contributed by atoms with van der Waals surface area (Å²) in [5, 5.41) is 0.826. The van der Waals surface area contributed by atoms with Crippen molar-refractivity contribution in [2.24, 2.45) is 0 Å². The van der Waals surface area contributed by atoms with Crippen LogP contribution < -0.4 is 10.6 Å². The van der Waals surface area contributed by atoms with Crippen molar-refractivity contribution in [3.8, 4) is 0 Å². The highest BCUT2D eigenvalue weighted by atomic mass is 32.1. The first kappa shape index (κ1) is 14.1. The van der Waals surface area contributed by atoms with E-state index in [1.165, 1.54) is 18.6 Å². The number of rotatable bonds is 3. The van der Waals surface area contributed by atoms with E-state index in [0.717, 1.165) is 31.2 Å². The summed E-state index contributed by atoms with van der Waals surface area (Å²) in [6.45, 7) is 8.14. The number of hydrogen-bond donors (Lipinski definition) is 1. The first-order chi connectivity index (χ1) is 9.08. The number of carbonyl (C=O) groups excluding carboxylic acids is 1. The van der Waals surface area contributed by atoms with E-state index in [1.807, 2.05) is 0 Å². The van der Waals surface area contributed by atoms with Crippen LogP contribution in [0.2, 0.25) is 0 Å². The number of anilines is 2. The Hall–Kier alpha value is -1.34. The number of piperazine rings is 1. The van der Waals surface area contributed by atoms with E-state index in [-0.39, 0.29) is 5.82 Å². The molecule has 2 N–H and O–H groups in total. The van der Waals surface area contributed by atoms with Crippen molar-refractivity contribution in [1.29, 1.82) is 0 Å². The van der Waals surface area contributed by atoms with Gasteiger partial charge in [-0.05, 0) is 25.0 Å². The maximum Gasteiger partial charge on any atom is 0.344 e. The highest BCUT2D eigenvalue weighted by Crippen LogP contribution is 2.32. The third kappa shape index (κ3) is 2.66. The Morgan fingerprint density at radius 3 is 2.89 bits per heavy atom. The minimum absolute atomic E-state index is 0.262. The van der Waals surface area contributed by atoms with Gasteiger partial charge in [-0.15, -0.1) is 0 Å². The molecule has 1 unspecified atom stereocenters. The molecule has 106 valence electrons. The maximum atomic E-state index is 11.8. The average molecular weight is 284 g/mol. The fraction of sp³-hybridized carbons (Fsp3) is 0.667. The average Bonchev–Trinajstić information content (AvgIpc) is 2.79. The van der Waals surface area contributed by atoms with E-state index < -0.39 is 5.97 Å². The molecule has 1 aromatic heterocycles. The minimum atomic E-state index is -0.410. The second-order valence-corrected chi connectivity index (χ2v) is 5.42. The van der Waals surface area contributed by atoms with Crippen LogP contribution in [0.25, 0.3) is 0 Å². The normalized spacial score (nSPS) is 20.6. The van der Waals surface area contributed by atoms with Gasteiger partial charge in [0.1, 0.15) is 10.6 Å². The molecule has 0 amide bonds. The summed E-state index contributed by atoms with van der Waals surface area (Å²) in [7, 11) is 1.36. The van der Waals surface area contributed by atoms with Gasteiger partial charge in [0.05, 0.1) is 7.11 Å². The third-order valence-corrected chi connectivity index (χ3v) is 4.47. The quantitative estimate of drug-likeness (QED) is 0.836. The molecule has 7 heteroatoms. The molecule has 19 heavy (non-hydrogen) atoms. The summed E-state index contributed by atoms with van der Waals surface area (Å²) >= 11 is 1.27. The summed E-state index contributed by atoms with van der Waals surface area (Å²) in [5.74, 6) is -0.149. The number of nitrogen functional groups attached to an aromatic ring is 1. The molecule has 2 rings (SSSR count). The number of aromatic nitrogens is 1. The van der Waals surface area contributed by atoms with E-state index >= 15 is 0 Å². The van der Waals surface area contributed by atoms with Crippen LogP contribution in [0.15, 0.2) is 0 Å². The highest BCUT2D eigenvalue weighted by Gasteiger charge is 2.29. The van der Waals surface area contributed by atoms with Gasteiger partial charge in [0.15, 0.2) is 5.82 Å². The fourth-order valence-electron chi connectivity index (χ4n) is 2.45. The van der Waals surface area contributed by atoms with Crippen LogP contribution >= 0.6 is 11.5 Å². The minimum Gasteiger partial charge on any atom is -0.465 e. The van der Waals surface area contributed by atoms with Crippen molar-refractivity contribution in [2.75, 3.05) is 43.9 Å². The largest absolute Gasteiger partial charge is 0.465 e. The molecule has 0 saturated carbocycles. The van der Waals surface area contributed by atoms with Gasteiger partial charge in [0.2, 0.25) is 0 Å². The molecule has 0 spiro atoms. The Labute approximate surface area is 117 Å². The van der Waals surface area contributed by atoms with Crippen LogP contribution in [0.3, 0.4) is 0 Å². The lowest BCUT2D eigenvalue weighted by Gasteiger charge is -2.39. The Balaban J connectivity index is 2.22. The second kappa shape index (κ2) is 5.75. The molecule has 0 bridgehead atoms. The van der Waals surface area contributed by atoms with Crippen LogP contribution in [-0.2, 0) is 4.74 Å². The lowest BCUT2D eigenvalue weighted by atomic mass is 10.2. The highest BCUT2D eigenvalue weighted by molar-refractivity contribution is 7.11. The van der Waals surface area contributed by atoms with Crippen molar-refractivity contribution in [2.45, 2.75) is 19.9 Å². The van der Waals surface area contributed by atoms with E-state index in [9.17, 15) is 4.79 Å². The van der Waals surface area contributed by atoms with Gasteiger partial charge in [-0.25, -0.2) is 4.79 Å². The molecule has 2 heterocycles. The molecule has 1 fully saturated rings. The number of likely N-dealkylation sites (N-methyl/N-ethyl adjacent to an activating group) is 1. The van der Waals surface area contributed by atoms with Gasteiger partial charge in [-0.1, -0.05) is 6.92 Å². The number of carbonyl (C=O) groups is 1. The number of nitrogens with zero attached hydrogens (tertiary/aromatic N) is 3. The Morgan fingerprint density at radius 2 is 2.32 bits per heavy atom. The number of nitrogens with two attached hydrogens (primary N) is 1. The topological polar surface area (TPSA) is 71.7 Å². The molecule has 0 aromatic carbocycles. The lowest BCUT2D eigenvalue weighted by Crippen LogP contribution is -2.51. The molecule has 1 aromatic rings. The monoisotopic (exact) mass is 284 g/mol. The zero-order chi connectivity index (χ0) is 14.0. The molecular weight excluding hydrogens is 264 g/mol. The SMILES string of the molecule is CCN1CCN(c2snc(N)c2C(=O)OC)CC1C. The Morgan fingerprint density at radius 1 is 1.58 bits per heavy atom. The zero-order valence-corrected chi connectivity index (χ0v) is 12.4. The number of ether oxygens (including phenoxy) is 1. The summed E-state index contributed by atoms with van der Waals surface area (Å²) in [4.78, 5) is 16.4. The van der Waals surface area contributed by atoms with Crippen molar-refractivity contribution in [3.05, 3.63) is 5.56 Å². The van der Waals surface area contributed by atoms with Crippen LogP contribution in [0.4, 0.5) is 10.8 Å². The zero-order valence-electron chi connectivity index (χ0n) is 11.5. The molecular formula is C12H20N4O2S. The molecule has 1 aliphatic rings. The Kier molecular flexibility index (Phi) is 4.26. The first-order valence-corrected chi connectivity index (χ1v) is 7.18.